The van der Waals surface area contributed by atoms with Gasteiger partial charge in [-0.05, 0) is 45.3 Å². The van der Waals surface area contributed by atoms with Crippen LogP contribution in [0.3, 0.4) is 0 Å². The van der Waals surface area contributed by atoms with Crippen molar-refractivity contribution in [2.45, 2.75) is 6.43 Å². The number of hydrogen-bond acceptors (Lipinski definition) is 1. The fourth-order valence-corrected chi connectivity index (χ4v) is 4.76. The Hall–Kier alpha value is -4.18. The number of nitrogens with zero attached hydrogens (tertiary/aromatic N) is 1. The molecule has 164 valence electrons. The fourth-order valence-electron chi connectivity index (χ4n) is 4.76. The number of benzene rings is 5. The van der Waals surface area contributed by atoms with Crippen molar-refractivity contribution in [3.63, 3.8) is 0 Å². The lowest BCUT2D eigenvalue weighted by atomic mass is 9.93. The summed E-state index contributed by atoms with van der Waals surface area (Å²) >= 11 is 0. The Balaban J connectivity index is 1.59. The third kappa shape index (κ3) is 3.22. The molecule has 0 saturated heterocycles. The summed E-state index contributed by atoms with van der Waals surface area (Å²) in [4.78, 5) is 4.54. The number of hydrogen-bond donors (Lipinski definition) is 0. The number of alkyl halides is 2. The standard InChI is InChI=1S/C30H18F3N/c31-28-22(18-6-2-1-3-7-18)10-11-23-24-14-15-34-29(26(24)13-12-25(23)28)20-16-19-8-4-5-9-21(19)27(17-20)30(32)33/h1-17,30H. The minimum Gasteiger partial charge on any atom is -0.256 e. The van der Waals surface area contributed by atoms with E-state index in [-0.39, 0.29) is 11.4 Å². The van der Waals surface area contributed by atoms with Gasteiger partial charge in [0.25, 0.3) is 6.43 Å². The Kier molecular flexibility index (Phi) is 4.80. The lowest BCUT2D eigenvalue weighted by Gasteiger charge is -2.13. The van der Waals surface area contributed by atoms with Crippen LogP contribution in [0.5, 0.6) is 0 Å². The van der Waals surface area contributed by atoms with Crippen molar-refractivity contribution < 1.29 is 13.2 Å². The number of fused-ring (bicyclic) bond motifs is 4. The zero-order chi connectivity index (χ0) is 23.2. The molecule has 1 nitrogen and oxygen atoms in total. The smallest absolute Gasteiger partial charge is 0.256 e. The summed E-state index contributed by atoms with van der Waals surface area (Å²) in [6.45, 7) is 0. The van der Waals surface area contributed by atoms with Gasteiger partial charge in [-0.2, -0.15) is 0 Å². The van der Waals surface area contributed by atoms with Crippen LogP contribution in [0.4, 0.5) is 13.2 Å². The van der Waals surface area contributed by atoms with Crippen LogP contribution in [-0.4, -0.2) is 4.98 Å². The van der Waals surface area contributed by atoms with E-state index in [0.29, 0.717) is 27.6 Å². The maximum atomic E-state index is 15.5. The Labute approximate surface area is 194 Å². The average molecular weight is 449 g/mol. The number of aromatic nitrogens is 1. The van der Waals surface area contributed by atoms with E-state index in [4.69, 9.17) is 0 Å². The predicted octanol–water partition coefficient (Wildman–Crippen LogP) is 8.95. The third-order valence-electron chi connectivity index (χ3n) is 6.36. The van der Waals surface area contributed by atoms with Gasteiger partial charge in [-0.1, -0.05) is 78.9 Å². The van der Waals surface area contributed by atoms with Crippen LogP contribution in [0, 0.1) is 5.82 Å². The van der Waals surface area contributed by atoms with E-state index in [0.717, 1.165) is 27.1 Å². The van der Waals surface area contributed by atoms with Gasteiger partial charge in [-0.3, -0.25) is 4.98 Å². The van der Waals surface area contributed by atoms with Gasteiger partial charge in [0.15, 0.2) is 0 Å². The summed E-state index contributed by atoms with van der Waals surface area (Å²) in [5, 5.41) is 4.15. The molecule has 6 aromatic rings. The Morgan fingerprint density at radius 3 is 2.12 bits per heavy atom. The highest BCUT2D eigenvalue weighted by atomic mass is 19.3. The van der Waals surface area contributed by atoms with Crippen LogP contribution in [-0.2, 0) is 0 Å². The van der Waals surface area contributed by atoms with E-state index in [1.165, 1.54) is 6.07 Å². The minimum absolute atomic E-state index is 0.0220. The van der Waals surface area contributed by atoms with Crippen LogP contribution >= 0.6 is 0 Å². The molecule has 4 heteroatoms. The molecule has 5 aromatic carbocycles. The maximum Gasteiger partial charge on any atom is 0.264 e. The van der Waals surface area contributed by atoms with Crippen molar-refractivity contribution in [1.29, 1.82) is 0 Å². The Morgan fingerprint density at radius 1 is 0.588 bits per heavy atom. The molecular weight excluding hydrogens is 431 g/mol. The summed E-state index contributed by atoms with van der Waals surface area (Å²) in [5.74, 6) is -0.283. The van der Waals surface area contributed by atoms with Crippen molar-refractivity contribution in [2.24, 2.45) is 0 Å². The highest BCUT2D eigenvalue weighted by molar-refractivity contribution is 6.12. The quantitative estimate of drug-likeness (QED) is 0.246. The number of rotatable bonds is 3. The van der Waals surface area contributed by atoms with Crippen LogP contribution in [0.1, 0.15) is 12.0 Å². The number of pyridine rings is 1. The van der Waals surface area contributed by atoms with Crippen molar-refractivity contribution in [3.05, 3.63) is 115 Å². The largest absolute Gasteiger partial charge is 0.264 e. The zero-order valence-electron chi connectivity index (χ0n) is 18.0. The van der Waals surface area contributed by atoms with E-state index >= 15 is 4.39 Å². The summed E-state index contributed by atoms with van der Waals surface area (Å²) in [6, 6.07) is 29.1. The lowest BCUT2D eigenvalue weighted by molar-refractivity contribution is 0.153. The van der Waals surface area contributed by atoms with Gasteiger partial charge in [-0.25, -0.2) is 13.2 Å². The molecule has 0 aliphatic carbocycles. The van der Waals surface area contributed by atoms with Gasteiger partial charge >= 0.3 is 0 Å². The summed E-state index contributed by atoms with van der Waals surface area (Å²) in [7, 11) is 0. The first kappa shape index (κ1) is 20.4. The molecule has 0 amide bonds. The molecule has 6 rings (SSSR count). The summed E-state index contributed by atoms with van der Waals surface area (Å²) in [5.41, 5.74) is 2.54. The van der Waals surface area contributed by atoms with Crippen molar-refractivity contribution in [3.8, 4) is 22.4 Å². The summed E-state index contributed by atoms with van der Waals surface area (Å²) in [6.07, 6.45) is -0.955. The van der Waals surface area contributed by atoms with E-state index in [1.54, 1.807) is 30.5 Å². The third-order valence-corrected chi connectivity index (χ3v) is 6.36. The molecule has 1 aromatic heterocycles. The molecule has 0 radical (unpaired) electrons. The molecule has 0 bridgehead atoms. The second-order valence-electron chi connectivity index (χ2n) is 8.30. The van der Waals surface area contributed by atoms with Crippen LogP contribution in [0.15, 0.2) is 103 Å². The molecule has 0 saturated carbocycles. The molecule has 0 N–H and O–H groups in total. The fraction of sp³-hybridized carbons (Fsp3) is 0.0333. The van der Waals surface area contributed by atoms with Crippen LogP contribution < -0.4 is 0 Å². The highest BCUT2D eigenvalue weighted by Gasteiger charge is 2.17. The molecule has 0 fully saturated rings. The first-order chi connectivity index (χ1) is 16.6. The van der Waals surface area contributed by atoms with Crippen LogP contribution in [0.25, 0.3) is 54.7 Å². The molecule has 0 unspecified atom stereocenters. The Bertz CT molecular complexity index is 1690. The van der Waals surface area contributed by atoms with E-state index in [9.17, 15) is 8.78 Å². The predicted molar refractivity (Wildman–Crippen MR) is 133 cm³/mol. The molecule has 0 aliphatic heterocycles. The van der Waals surface area contributed by atoms with E-state index < -0.39 is 6.43 Å². The van der Waals surface area contributed by atoms with Crippen molar-refractivity contribution >= 4 is 32.3 Å². The topological polar surface area (TPSA) is 12.9 Å². The second-order valence-corrected chi connectivity index (χ2v) is 8.30. The van der Waals surface area contributed by atoms with Gasteiger partial charge in [0, 0.05) is 33.7 Å². The van der Waals surface area contributed by atoms with E-state index in [1.807, 2.05) is 66.7 Å². The first-order valence-electron chi connectivity index (χ1n) is 11.0. The van der Waals surface area contributed by atoms with Gasteiger partial charge in [0.2, 0.25) is 0 Å². The molecule has 34 heavy (non-hydrogen) atoms. The minimum atomic E-state index is -2.61. The molecular formula is C30H18F3N. The molecule has 0 aliphatic rings. The van der Waals surface area contributed by atoms with Crippen molar-refractivity contribution in [2.75, 3.05) is 0 Å². The SMILES string of the molecule is Fc1c(-c2ccccc2)ccc2c1ccc1c(-c3cc(C(F)F)c4ccccc4c3)nccc12. The van der Waals surface area contributed by atoms with Gasteiger partial charge in [-0.15, -0.1) is 0 Å². The maximum absolute atomic E-state index is 15.5. The summed E-state index contributed by atoms with van der Waals surface area (Å²) < 4.78 is 43.3. The van der Waals surface area contributed by atoms with E-state index in [2.05, 4.69) is 4.98 Å². The normalized spacial score (nSPS) is 11.6. The second kappa shape index (κ2) is 7.99. The van der Waals surface area contributed by atoms with Gasteiger partial charge < -0.3 is 0 Å². The van der Waals surface area contributed by atoms with Crippen molar-refractivity contribution in [1.82, 2.24) is 4.98 Å². The molecule has 0 spiro atoms. The highest BCUT2D eigenvalue weighted by Crippen LogP contribution is 2.38. The average Bonchev–Trinajstić information content (AvgIpc) is 2.88. The number of halogens is 3. The Morgan fingerprint density at radius 2 is 1.29 bits per heavy atom. The first-order valence-corrected chi connectivity index (χ1v) is 11.0. The monoisotopic (exact) mass is 449 g/mol. The van der Waals surface area contributed by atoms with Gasteiger partial charge in [0.05, 0.1) is 5.69 Å². The molecule has 1 heterocycles. The van der Waals surface area contributed by atoms with Gasteiger partial charge in [0.1, 0.15) is 5.82 Å². The molecule has 0 atom stereocenters. The van der Waals surface area contributed by atoms with Crippen LogP contribution in [0.2, 0.25) is 0 Å². The zero-order valence-corrected chi connectivity index (χ0v) is 18.0. The lowest BCUT2D eigenvalue weighted by Crippen LogP contribution is -1.93.